The molecule has 0 unspecified atom stereocenters. The smallest absolute Gasteiger partial charge is 0.273 e. The van der Waals surface area contributed by atoms with Crippen molar-refractivity contribution in [2.75, 3.05) is 0 Å². The van der Waals surface area contributed by atoms with Crippen molar-refractivity contribution >= 4 is 22.6 Å². The van der Waals surface area contributed by atoms with Crippen LogP contribution in [0.4, 0.5) is 0 Å². The van der Waals surface area contributed by atoms with Gasteiger partial charge in [0.15, 0.2) is 5.69 Å². The Kier molecular flexibility index (Phi) is 5.61. The van der Waals surface area contributed by atoms with Crippen molar-refractivity contribution in [3.63, 3.8) is 0 Å². The number of aromatic nitrogens is 2. The molecule has 7 heteroatoms. The standard InChI is InChI=1S/C20H20N4O3/c1-2-24-20(27)16-11-7-6-10-15(16)18(23-24)19(26)22-21-17(25)13-12-14-8-4-3-5-9-14/h3-11H,2,12-13H2,1H3,(H,21,25)(H,22,26). The number of amides is 2. The van der Waals surface area contributed by atoms with Crippen LogP contribution in [0.3, 0.4) is 0 Å². The van der Waals surface area contributed by atoms with Crippen LogP contribution in [0.15, 0.2) is 59.4 Å². The van der Waals surface area contributed by atoms with Crippen LogP contribution in [0.2, 0.25) is 0 Å². The molecular formula is C20H20N4O3. The van der Waals surface area contributed by atoms with E-state index in [2.05, 4.69) is 16.0 Å². The Hall–Kier alpha value is -3.48. The Morgan fingerprint density at radius 2 is 1.63 bits per heavy atom. The number of benzene rings is 2. The topological polar surface area (TPSA) is 93.1 Å². The van der Waals surface area contributed by atoms with Crippen molar-refractivity contribution in [2.24, 2.45) is 0 Å². The van der Waals surface area contributed by atoms with E-state index in [-0.39, 0.29) is 23.6 Å². The average Bonchev–Trinajstić information content (AvgIpc) is 2.71. The number of aryl methyl sites for hydroxylation is 2. The van der Waals surface area contributed by atoms with Gasteiger partial charge in [0.25, 0.3) is 11.5 Å². The SMILES string of the molecule is CCn1nc(C(=O)NNC(=O)CCc2ccccc2)c2ccccc2c1=O. The molecule has 0 fully saturated rings. The molecule has 2 aromatic carbocycles. The molecule has 1 aromatic heterocycles. The average molecular weight is 364 g/mol. The number of hydrazine groups is 1. The summed E-state index contributed by atoms with van der Waals surface area (Å²) < 4.78 is 1.23. The van der Waals surface area contributed by atoms with E-state index in [9.17, 15) is 14.4 Å². The zero-order chi connectivity index (χ0) is 19.2. The summed E-state index contributed by atoms with van der Waals surface area (Å²) in [6.45, 7) is 2.11. The van der Waals surface area contributed by atoms with Crippen LogP contribution in [-0.2, 0) is 17.8 Å². The summed E-state index contributed by atoms with van der Waals surface area (Å²) in [5, 5.41) is 4.99. The van der Waals surface area contributed by atoms with Crippen LogP contribution in [0.1, 0.15) is 29.4 Å². The van der Waals surface area contributed by atoms with E-state index in [0.717, 1.165) is 5.56 Å². The molecule has 0 spiro atoms. The molecule has 0 saturated heterocycles. The highest BCUT2D eigenvalue weighted by Gasteiger charge is 2.16. The van der Waals surface area contributed by atoms with E-state index in [1.54, 1.807) is 31.2 Å². The molecule has 7 nitrogen and oxygen atoms in total. The number of hydrogen-bond acceptors (Lipinski definition) is 4. The summed E-state index contributed by atoms with van der Waals surface area (Å²) in [7, 11) is 0. The summed E-state index contributed by atoms with van der Waals surface area (Å²) in [5.74, 6) is -0.873. The van der Waals surface area contributed by atoms with Gasteiger partial charge < -0.3 is 0 Å². The molecule has 0 saturated carbocycles. The van der Waals surface area contributed by atoms with Crippen LogP contribution >= 0.6 is 0 Å². The van der Waals surface area contributed by atoms with Crippen molar-refractivity contribution in [3.8, 4) is 0 Å². The van der Waals surface area contributed by atoms with Gasteiger partial charge in [0, 0.05) is 18.4 Å². The molecule has 0 radical (unpaired) electrons. The normalized spacial score (nSPS) is 10.6. The third kappa shape index (κ3) is 4.20. The fourth-order valence-electron chi connectivity index (χ4n) is 2.77. The van der Waals surface area contributed by atoms with Gasteiger partial charge in [-0.3, -0.25) is 25.2 Å². The van der Waals surface area contributed by atoms with Crippen LogP contribution in [0.25, 0.3) is 10.8 Å². The number of carbonyl (C=O) groups excluding carboxylic acids is 2. The monoisotopic (exact) mass is 364 g/mol. The largest absolute Gasteiger partial charge is 0.290 e. The minimum Gasteiger partial charge on any atom is -0.273 e. The first-order chi connectivity index (χ1) is 13.1. The van der Waals surface area contributed by atoms with Crippen LogP contribution in [0.5, 0.6) is 0 Å². The lowest BCUT2D eigenvalue weighted by Gasteiger charge is -2.11. The van der Waals surface area contributed by atoms with E-state index in [0.29, 0.717) is 23.7 Å². The maximum absolute atomic E-state index is 12.5. The molecule has 138 valence electrons. The number of hydrogen-bond donors (Lipinski definition) is 2. The lowest BCUT2D eigenvalue weighted by atomic mass is 10.1. The molecule has 3 aromatic rings. The minimum atomic E-state index is -0.568. The van der Waals surface area contributed by atoms with Gasteiger partial charge in [-0.25, -0.2) is 4.68 Å². The summed E-state index contributed by atoms with van der Waals surface area (Å²) in [6, 6.07) is 16.4. The fourth-order valence-corrected chi connectivity index (χ4v) is 2.77. The van der Waals surface area contributed by atoms with Gasteiger partial charge in [-0.05, 0) is 25.0 Å². The third-order valence-corrected chi connectivity index (χ3v) is 4.18. The highest BCUT2D eigenvalue weighted by atomic mass is 16.2. The molecular weight excluding hydrogens is 344 g/mol. The molecule has 0 aliphatic heterocycles. The highest BCUT2D eigenvalue weighted by molar-refractivity contribution is 6.05. The van der Waals surface area contributed by atoms with Crippen molar-refractivity contribution in [1.82, 2.24) is 20.6 Å². The Balaban J connectivity index is 1.70. The maximum Gasteiger partial charge on any atom is 0.290 e. The van der Waals surface area contributed by atoms with Gasteiger partial charge in [0.1, 0.15) is 0 Å². The van der Waals surface area contributed by atoms with Crippen LogP contribution in [0, 0.1) is 0 Å². The Morgan fingerprint density at radius 1 is 0.963 bits per heavy atom. The van der Waals surface area contributed by atoms with E-state index in [1.165, 1.54) is 4.68 Å². The van der Waals surface area contributed by atoms with Crippen molar-refractivity contribution < 1.29 is 9.59 Å². The first-order valence-corrected chi connectivity index (χ1v) is 8.73. The number of nitrogens with one attached hydrogen (secondary N) is 2. The number of nitrogens with zero attached hydrogens (tertiary/aromatic N) is 2. The summed E-state index contributed by atoms with van der Waals surface area (Å²) in [5.41, 5.74) is 5.67. The second-order valence-corrected chi connectivity index (χ2v) is 6.00. The predicted octanol–water partition coefficient (Wildman–Crippen LogP) is 1.81. The van der Waals surface area contributed by atoms with E-state index in [4.69, 9.17) is 0 Å². The van der Waals surface area contributed by atoms with E-state index in [1.807, 2.05) is 30.3 Å². The van der Waals surface area contributed by atoms with Crippen molar-refractivity contribution in [2.45, 2.75) is 26.3 Å². The van der Waals surface area contributed by atoms with Gasteiger partial charge in [-0.2, -0.15) is 5.10 Å². The Labute approximate surface area is 156 Å². The zero-order valence-corrected chi connectivity index (χ0v) is 14.9. The summed E-state index contributed by atoms with van der Waals surface area (Å²) in [4.78, 5) is 36.8. The van der Waals surface area contributed by atoms with Gasteiger partial charge in [-0.1, -0.05) is 48.5 Å². The first kappa shape index (κ1) is 18.3. The highest BCUT2D eigenvalue weighted by Crippen LogP contribution is 2.13. The summed E-state index contributed by atoms with van der Waals surface area (Å²) >= 11 is 0. The van der Waals surface area contributed by atoms with Crippen molar-refractivity contribution in [1.29, 1.82) is 0 Å². The molecule has 27 heavy (non-hydrogen) atoms. The van der Waals surface area contributed by atoms with Gasteiger partial charge in [0.05, 0.1) is 5.39 Å². The van der Waals surface area contributed by atoms with Crippen molar-refractivity contribution in [3.05, 3.63) is 76.2 Å². The maximum atomic E-state index is 12.5. The molecule has 3 rings (SSSR count). The van der Waals surface area contributed by atoms with E-state index >= 15 is 0 Å². The molecule has 0 bridgehead atoms. The molecule has 1 heterocycles. The number of carbonyl (C=O) groups is 2. The Morgan fingerprint density at radius 3 is 2.33 bits per heavy atom. The Bertz CT molecular complexity index is 1030. The number of fused-ring (bicyclic) bond motifs is 1. The predicted molar refractivity (Wildman–Crippen MR) is 102 cm³/mol. The lowest BCUT2D eigenvalue weighted by molar-refractivity contribution is -0.121. The van der Waals surface area contributed by atoms with Gasteiger partial charge >= 0.3 is 0 Å². The zero-order valence-electron chi connectivity index (χ0n) is 14.9. The fraction of sp³-hybridized carbons (Fsp3) is 0.200. The third-order valence-electron chi connectivity index (χ3n) is 4.18. The second kappa shape index (κ2) is 8.27. The quantitative estimate of drug-likeness (QED) is 0.675. The van der Waals surface area contributed by atoms with Crippen LogP contribution < -0.4 is 16.4 Å². The first-order valence-electron chi connectivity index (χ1n) is 8.73. The van der Waals surface area contributed by atoms with E-state index < -0.39 is 5.91 Å². The molecule has 0 aliphatic carbocycles. The van der Waals surface area contributed by atoms with Gasteiger partial charge in [0.2, 0.25) is 5.91 Å². The molecule has 2 amide bonds. The summed E-state index contributed by atoms with van der Waals surface area (Å²) in [6.07, 6.45) is 0.817. The lowest BCUT2D eigenvalue weighted by Crippen LogP contribution is -2.42. The minimum absolute atomic E-state index is 0.0930. The second-order valence-electron chi connectivity index (χ2n) is 6.00. The molecule has 0 aliphatic rings. The molecule has 0 atom stereocenters. The van der Waals surface area contributed by atoms with Crippen LogP contribution in [-0.4, -0.2) is 21.6 Å². The van der Waals surface area contributed by atoms with Gasteiger partial charge in [-0.15, -0.1) is 0 Å². The molecule has 2 N–H and O–H groups in total. The number of rotatable bonds is 5.